The fourth-order valence-corrected chi connectivity index (χ4v) is 3.22. The van der Waals surface area contributed by atoms with Gasteiger partial charge in [0.1, 0.15) is 0 Å². The van der Waals surface area contributed by atoms with Crippen LogP contribution in [0.1, 0.15) is 56.7 Å². The van der Waals surface area contributed by atoms with Crippen LogP contribution in [-0.2, 0) is 4.79 Å². The zero-order valence-electron chi connectivity index (χ0n) is 12.2. The Bertz CT molecular complexity index is 678. The maximum Gasteiger partial charge on any atom is 0.156 e. The van der Waals surface area contributed by atoms with Crippen LogP contribution in [0.4, 0.5) is 0 Å². The van der Waals surface area contributed by atoms with E-state index < -0.39 is 0 Å². The van der Waals surface area contributed by atoms with Gasteiger partial charge in [-0.1, -0.05) is 38.5 Å². The lowest BCUT2D eigenvalue weighted by Gasteiger charge is -2.10. The molecule has 1 atom stereocenters. The van der Waals surface area contributed by atoms with Crippen LogP contribution in [0.5, 0.6) is 0 Å². The summed E-state index contributed by atoms with van der Waals surface area (Å²) in [6, 6.07) is 8.42. The first-order valence-electron chi connectivity index (χ1n) is 7.55. The number of allylic oxidation sites excluding steroid dienone is 2. The molecule has 1 aromatic heterocycles. The Balaban J connectivity index is 2.18. The molecule has 2 heteroatoms. The Kier molecular flexibility index (Phi) is 3.47. The number of aromatic nitrogens is 1. The zero-order chi connectivity index (χ0) is 14.1. The van der Waals surface area contributed by atoms with Gasteiger partial charge in [0.25, 0.3) is 0 Å². The summed E-state index contributed by atoms with van der Waals surface area (Å²) in [5.41, 5.74) is 4.89. The second-order valence-corrected chi connectivity index (χ2v) is 5.80. The molecule has 1 N–H and O–H groups in total. The standard InChI is InChI=1S/C18H21NO/c1-3-4-7-13-11-14(20)10-12(2)17-15-8-5-6-9-16(15)19-18(13)17/h5-6,8-9,11-12,19H,3-4,7,10H2,1-2H3. The van der Waals surface area contributed by atoms with Gasteiger partial charge < -0.3 is 4.98 Å². The van der Waals surface area contributed by atoms with Crippen LogP contribution in [0.3, 0.4) is 0 Å². The lowest BCUT2D eigenvalue weighted by molar-refractivity contribution is -0.114. The highest BCUT2D eigenvalue weighted by Crippen LogP contribution is 2.38. The van der Waals surface area contributed by atoms with Crippen molar-refractivity contribution in [3.05, 3.63) is 41.6 Å². The minimum atomic E-state index is 0.261. The molecule has 2 nitrogen and oxygen atoms in total. The minimum absolute atomic E-state index is 0.261. The summed E-state index contributed by atoms with van der Waals surface area (Å²) in [6.07, 6.45) is 5.74. The van der Waals surface area contributed by atoms with E-state index >= 15 is 0 Å². The number of rotatable bonds is 3. The van der Waals surface area contributed by atoms with Crippen LogP contribution in [0.2, 0.25) is 0 Å². The largest absolute Gasteiger partial charge is 0.355 e. The normalized spacial score (nSPS) is 18.8. The quantitative estimate of drug-likeness (QED) is 0.849. The van der Waals surface area contributed by atoms with Crippen molar-refractivity contribution < 1.29 is 4.79 Å². The second kappa shape index (κ2) is 5.28. The molecule has 104 valence electrons. The summed E-state index contributed by atoms with van der Waals surface area (Å²) in [5.74, 6) is 0.543. The van der Waals surface area contributed by atoms with E-state index in [2.05, 4.69) is 43.1 Å². The van der Waals surface area contributed by atoms with Gasteiger partial charge in [-0.2, -0.15) is 0 Å². The first kappa shape index (κ1) is 13.2. The van der Waals surface area contributed by atoms with E-state index in [-0.39, 0.29) is 11.7 Å². The highest BCUT2D eigenvalue weighted by Gasteiger charge is 2.24. The topological polar surface area (TPSA) is 32.9 Å². The number of fused-ring (bicyclic) bond motifs is 3. The van der Waals surface area contributed by atoms with Crippen LogP contribution >= 0.6 is 0 Å². The Morgan fingerprint density at radius 2 is 2.10 bits per heavy atom. The van der Waals surface area contributed by atoms with Crippen LogP contribution in [0.15, 0.2) is 30.3 Å². The van der Waals surface area contributed by atoms with E-state index in [4.69, 9.17) is 0 Å². The maximum absolute atomic E-state index is 12.1. The molecule has 1 aliphatic rings. The predicted molar refractivity (Wildman–Crippen MR) is 83.8 cm³/mol. The maximum atomic E-state index is 12.1. The predicted octanol–water partition coefficient (Wildman–Crippen LogP) is 4.82. The number of carbonyl (C=O) groups is 1. The number of carbonyl (C=O) groups excluding carboxylic acids is 1. The van der Waals surface area contributed by atoms with Gasteiger partial charge in [0.05, 0.1) is 0 Å². The number of unbranched alkanes of at least 4 members (excludes halogenated alkanes) is 1. The highest BCUT2D eigenvalue weighted by atomic mass is 16.1. The number of ketones is 1. The van der Waals surface area contributed by atoms with Gasteiger partial charge in [0.15, 0.2) is 5.78 Å². The van der Waals surface area contributed by atoms with E-state index in [0.717, 1.165) is 19.3 Å². The molecule has 0 spiro atoms. The molecule has 0 radical (unpaired) electrons. The van der Waals surface area contributed by atoms with Crippen LogP contribution in [0, 0.1) is 0 Å². The molecule has 0 saturated heterocycles. The average Bonchev–Trinajstić information content (AvgIpc) is 2.77. The van der Waals surface area contributed by atoms with Gasteiger partial charge in [0, 0.05) is 23.0 Å². The monoisotopic (exact) mass is 267 g/mol. The third-order valence-electron chi connectivity index (χ3n) is 4.20. The molecule has 0 bridgehead atoms. The van der Waals surface area contributed by atoms with Crippen molar-refractivity contribution in [2.45, 2.75) is 45.4 Å². The summed E-state index contributed by atoms with van der Waals surface area (Å²) >= 11 is 0. The van der Waals surface area contributed by atoms with E-state index in [0.29, 0.717) is 6.42 Å². The van der Waals surface area contributed by atoms with Crippen molar-refractivity contribution in [3.8, 4) is 0 Å². The van der Waals surface area contributed by atoms with Crippen molar-refractivity contribution in [2.24, 2.45) is 0 Å². The molecule has 0 aliphatic heterocycles. The Morgan fingerprint density at radius 3 is 2.90 bits per heavy atom. The fourth-order valence-electron chi connectivity index (χ4n) is 3.22. The van der Waals surface area contributed by atoms with Crippen molar-refractivity contribution in [1.82, 2.24) is 4.98 Å². The molecule has 0 fully saturated rings. The van der Waals surface area contributed by atoms with Gasteiger partial charge in [0.2, 0.25) is 0 Å². The minimum Gasteiger partial charge on any atom is -0.355 e. The molecular formula is C18H21NO. The molecule has 0 saturated carbocycles. The van der Waals surface area contributed by atoms with E-state index in [1.165, 1.54) is 27.7 Å². The summed E-state index contributed by atoms with van der Waals surface area (Å²) < 4.78 is 0. The summed E-state index contributed by atoms with van der Waals surface area (Å²) in [5, 5.41) is 1.27. The number of benzene rings is 1. The third kappa shape index (κ3) is 2.20. The molecule has 0 amide bonds. The molecule has 1 aliphatic carbocycles. The highest BCUT2D eigenvalue weighted by molar-refractivity contribution is 6.01. The second-order valence-electron chi connectivity index (χ2n) is 5.80. The van der Waals surface area contributed by atoms with E-state index in [1.54, 1.807) is 0 Å². The first-order valence-corrected chi connectivity index (χ1v) is 7.55. The average molecular weight is 267 g/mol. The molecular weight excluding hydrogens is 246 g/mol. The van der Waals surface area contributed by atoms with Crippen molar-refractivity contribution in [1.29, 1.82) is 0 Å². The zero-order valence-corrected chi connectivity index (χ0v) is 12.2. The van der Waals surface area contributed by atoms with E-state index in [1.807, 2.05) is 6.08 Å². The lowest BCUT2D eigenvalue weighted by atomic mass is 9.93. The summed E-state index contributed by atoms with van der Waals surface area (Å²) in [6.45, 7) is 4.35. The Morgan fingerprint density at radius 1 is 1.30 bits per heavy atom. The first-order chi connectivity index (χ1) is 9.70. The Labute approximate surface area is 119 Å². The Hall–Kier alpha value is -1.83. The molecule has 1 aromatic carbocycles. The van der Waals surface area contributed by atoms with Gasteiger partial charge in [-0.3, -0.25) is 4.79 Å². The number of para-hydroxylation sites is 1. The smallest absolute Gasteiger partial charge is 0.156 e. The number of nitrogens with one attached hydrogen (secondary N) is 1. The van der Waals surface area contributed by atoms with Crippen LogP contribution < -0.4 is 0 Å². The molecule has 2 aromatic rings. The number of H-pyrrole nitrogens is 1. The van der Waals surface area contributed by atoms with Gasteiger partial charge >= 0.3 is 0 Å². The van der Waals surface area contributed by atoms with Gasteiger partial charge in [-0.25, -0.2) is 0 Å². The SMILES string of the molecule is CCCCC1=CC(=O)CC(C)c2c1[nH]c1ccccc21. The summed E-state index contributed by atoms with van der Waals surface area (Å²) in [4.78, 5) is 15.6. The number of hydrogen-bond acceptors (Lipinski definition) is 1. The van der Waals surface area contributed by atoms with E-state index in [9.17, 15) is 4.79 Å². The number of hydrogen-bond donors (Lipinski definition) is 1. The molecule has 1 unspecified atom stereocenters. The van der Waals surface area contributed by atoms with Crippen molar-refractivity contribution in [2.75, 3.05) is 0 Å². The molecule has 3 rings (SSSR count). The van der Waals surface area contributed by atoms with Crippen molar-refractivity contribution in [3.63, 3.8) is 0 Å². The summed E-state index contributed by atoms with van der Waals surface area (Å²) in [7, 11) is 0. The molecule has 20 heavy (non-hydrogen) atoms. The third-order valence-corrected chi connectivity index (χ3v) is 4.20. The fraction of sp³-hybridized carbons (Fsp3) is 0.389. The lowest BCUT2D eigenvalue weighted by Crippen LogP contribution is -1.99. The van der Waals surface area contributed by atoms with Gasteiger partial charge in [-0.05, 0) is 42.0 Å². The molecule has 1 heterocycles. The number of aromatic amines is 1. The van der Waals surface area contributed by atoms with Crippen LogP contribution in [0.25, 0.3) is 16.5 Å². The van der Waals surface area contributed by atoms with Crippen molar-refractivity contribution >= 4 is 22.3 Å². The van der Waals surface area contributed by atoms with Crippen LogP contribution in [-0.4, -0.2) is 10.8 Å². The van der Waals surface area contributed by atoms with Gasteiger partial charge in [-0.15, -0.1) is 0 Å².